The minimum Gasteiger partial charge on any atom is -0.331 e. The standard InChI is InChI=1S/C13H20N2O2S/c1-12(2)14-8-10-15(11-9-14)18(16,17)13-6-4-3-5-7-13/h3-7,12H,8-11H2,1-2H3/p+1. The molecule has 0 saturated carbocycles. The molecule has 1 aliphatic rings. The first-order valence-electron chi connectivity index (χ1n) is 6.41. The van der Waals surface area contributed by atoms with E-state index in [1.54, 1.807) is 28.6 Å². The number of hydrogen-bond acceptors (Lipinski definition) is 2. The lowest BCUT2D eigenvalue weighted by Crippen LogP contribution is -3.17. The van der Waals surface area contributed by atoms with Gasteiger partial charge in [0, 0.05) is 0 Å². The molecule has 1 heterocycles. The molecule has 1 saturated heterocycles. The van der Waals surface area contributed by atoms with Crippen molar-refractivity contribution < 1.29 is 13.3 Å². The molecular formula is C13H21N2O2S+. The predicted molar refractivity (Wildman–Crippen MR) is 71.0 cm³/mol. The molecule has 4 nitrogen and oxygen atoms in total. The van der Waals surface area contributed by atoms with Crippen LogP contribution >= 0.6 is 0 Å². The maximum Gasteiger partial charge on any atom is 0.243 e. The molecule has 1 fully saturated rings. The monoisotopic (exact) mass is 269 g/mol. The summed E-state index contributed by atoms with van der Waals surface area (Å²) in [6, 6.07) is 9.25. The normalized spacial score (nSPS) is 19.3. The van der Waals surface area contributed by atoms with Gasteiger partial charge in [-0.2, -0.15) is 4.31 Å². The third-order valence-corrected chi connectivity index (χ3v) is 5.47. The van der Waals surface area contributed by atoms with Crippen molar-refractivity contribution in [3.8, 4) is 0 Å². The van der Waals surface area contributed by atoms with E-state index in [9.17, 15) is 8.42 Å². The third kappa shape index (κ3) is 2.74. The van der Waals surface area contributed by atoms with Gasteiger partial charge in [0.25, 0.3) is 0 Å². The summed E-state index contributed by atoms with van der Waals surface area (Å²) in [6.07, 6.45) is 0. The maximum absolute atomic E-state index is 12.4. The summed E-state index contributed by atoms with van der Waals surface area (Å²) in [5.41, 5.74) is 0. The maximum atomic E-state index is 12.4. The fourth-order valence-corrected chi connectivity index (χ4v) is 3.80. The zero-order valence-electron chi connectivity index (χ0n) is 11.0. The van der Waals surface area contributed by atoms with Gasteiger partial charge in [0.05, 0.1) is 37.1 Å². The van der Waals surface area contributed by atoms with Gasteiger partial charge in [-0.15, -0.1) is 0 Å². The zero-order chi connectivity index (χ0) is 13.2. The molecular weight excluding hydrogens is 248 g/mol. The molecule has 0 aliphatic carbocycles. The first kappa shape index (κ1) is 13.5. The van der Waals surface area contributed by atoms with Crippen molar-refractivity contribution in [1.82, 2.24) is 4.31 Å². The van der Waals surface area contributed by atoms with E-state index in [1.165, 1.54) is 4.90 Å². The van der Waals surface area contributed by atoms with Crippen LogP contribution in [0.1, 0.15) is 13.8 Å². The van der Waals surface area contributed by atoms with Crippen LogP contribution in [0.5, 0.6) is 0 Å². The Hall–Kier alpha value is -0.910. The van der Waals surface area contributed by atoms with Crippen LogP contribution in [-0.4, -0.2) is 44.9 Å². The van der Waals surface area contributed by atoms with Crippen molar-refractivity contribution in [2.24, 2.45) is 0 Å². The van der Waals surface area contributed by atoms with Crippen LogP contribution in [0.25, 0.3) is 0 Å². The van der Waals surface area contributed by atoms with E-state index in [4.69, 9.17) is 0 Å². The Morgan fingerprint density at radius 1 is 1.11 bits per heavy atom. The molecule has 0 radical (unpaired) electrons. The molecule has 2 rings (SSSR count). The molecule has 0 amide bonds. The molecule has 100 valence electrons. The lowest BCUT2D eigenvalue weighted by atomic mass is 10.3. The number of sulfonamides is 1. The van der Waals surface area contributed by atoms with Crippen molar-refractivity contribution in [2.75, 3.05) is 26.2 Å². The second kappa shape index (κ2) is 5.38. The summed E-state index contributed by atoms with van der Waals surface area (Å²) < 4.78 is 26.4. The van der Waals surface area contributed by atoms with E-state index in [1.807, 2.05) is 6.07 Å². The average molecular weight is 269 g/mol. The number of nitrogens with one attached hydrogen (secondary N) is 1. The number of benzene rings is 1. The van der Waals surface area contributed by atoms with Crippen LogP contribution in [0.15, 0.2) is 35.2 Å². The number of quaternary nitrogens is 1. The largest absolute Gasteiger partial charge is 0.331 e. The molecule has 0 aromatic heterocycles. The van der Waals surface area contributed by atoms with Gasteiger partial charge in [0.15, 0.2) is 0 Å². The van der Waals surface area contributed by atoms with Crippen LogP contribution in [0.4, 0.5) is 0 Å². The van der Waals surface area contributed by atoms with Crippen LogP contribution in [0.2, 0.25) is 0 Å². The molecule has 1 aromatic rings. The minimum absolute atomic E-state index is 0.401. The van der Waals surface area contributed by atoms with Crippen LogP contribution in [-0.2, 0) is 10.0 Å². The average Bonchev–Trinajstić information content (AvgIpc) is 2.40. The second-order valence-corrected chi connectivity index (χ2v) is 6.97. The lowest BCUT2D eigenvalue weighted by Gasteiger charge is -2.33. The number of nitrogens with zero attached hydrogens (tertiary/aromatic N) is 1. The van der Waals surface area contributed by atoms with E-state index in [0.29, 0.717) is 24.0 Å². The SMILES string of the molecule is CC(C)[NH+]1CCN(S(=O)(=O)c2ccccc2)CC1. The summed E-state index contributed by atoms with van der Waals surface area (Å²) in [5.74, 6) is 0. The van der Waals surface area contributed by atoms with E-state index in [2.05, 4.69) is 13.8 Å². The highest BCUT2D eigenvalue weighted by atomic mass is 32.2. The summed E-state index contributed by atoms with van der Waals surface area (Å²) in [7, 11) is -3.29. The van der Waals surface area contributed by atoms with Gasteiger partial charge < -0.3 is 4.90 Å². The zero-order valence-corrected chi connectivity index (χ0v) is 11.8. The molecule has 0 unspecified atom stereocenters. The van der Waals surface area contributed by atoms with Crippen molar-refractivity contribution in [3.05, 3.63) is 30.3 Å². The van der Waals surface area contributed by atoms with Gasteiger partial charge >= 0.3 is 0 Å². The van der Waals surface area contributed by atoms with E-state index < -0.39 is 10.0 Å². The van der Waals surface area contributed by atoms with Crippen molar-refractivity contribution in [1.29, 1.82) is 0 Å². The van der Waals surface area contributed by atoms with Crippen LogP contribution in [0, 0.1) is 0 Å². The van der Waals surface area contributed by atoms with Gasteiger partial charge in [0.2, 0.25) is 10.0 Å². The Kier molecular flexibility index (Phi) is 4.04. The number of rotatable bonds is 3. The molecule has 0 atom stereocenters. The molecule has 1 aliphatic heterocycles. The Morgan fingerprint density at radius 3 is 2.17 bits per heavy atom. The van der Waals surface area contributed by atoms with Gasteiger partial charge in [-0.25, -0.2) is 8.42 Å². The van der Waals surface area contributed by atoms with Gasteiger partial charge in [-0.3, -0.25) is 0 Å². The first-order chi connectivity index (χ1) is 8.51. The molecule has 5 heteroatoms. The van der Waals surface area contributed by atoms with E-state index >= 15 is 0 Å². The topological polar surface area (TPSA) is 41.8 Å². The van der Waals surface area contributed by atoms with Crippen molar-refractivity contribution in [2.45, 2.75) is 24.8 Å². The Morgan fingerprint density at radius 2 is 1.67 bits per heavy atom. The van der Waals surface area contributed by atoms with Crippen molar-refractivity contribution in [3.63, 3.8) is 0 Å². The van der Waals surface area contributed by atoms with E-state index in [0.717, 1.165) is 13.1 Å². The highest BCUT2D eigenvalue weighted by Gasteiger charge is 2.30. The fraction of sp³-hybridized carbons (Fsp3) is 0.538. The van der Waals surface area contributed by atoms with Crippen LogP contribution in [0.3, 0.4) is 0 Å². The summed E-state index contributed by atoms with van der Waals surface area (Å²) in [4.78, 5) is 1.88. The van der Waals surface area contributed by atoms with Crippen molar-refractivity contribution >= 4 is 10.0 Å². The van der Waals surface area contributed by atoms with Gasteiger partial charge in [0.1, 0.15) is 0 Å². The summed E-state index contributed by atoms with van der Waals surface area (Å²) in [6.45, 7) is 7.37. The number of piperazine rings is 1. The Balaban J connectivity index is 2.10. The fourth-order valence-electron chi connectivity index (χ4n) is 2.33. The molecule has 1 N–H and O–H groups in total. The predicted octanol–water partition coefficient (Wildman–Crippen LogP) is -0.0158. The minimum atomic E-state index is -3.29. The van der Waals surface area contributed by atoms with E-state index in [-0.39, 0.29) is 0 Å². The molecule has 0 spiro atoms. The van der Waals surface area contributed by atoms with Gasteiger partial charge in [-0.1, -0.05) is 18.2 Å². The lowest BCUT2D eigenvalue weighted by molar-refractivity contribution is -0.924. The first-order valence-corrected chi connectivity index (χ1v) is 7.85. The number of hydrogen-bond donors (Lipinski definition) is 1. The Labute approximate surface area is 109 Å². The molecule has 1 aromatic carbocycles. The molecule has 0 bridgehead atoms. The molecule has 18 heavy (non-hydrogen) atoms. The third-order valence-electron chi connectivity index (χ3n) is 3.56. The smallest absolute Gasteiger partial charge is 0.243 e. The summed E-state index contributed by atoms with van der Waals surface area (Å²) >= 11 is 0. The Bertz CT molecular complexity index is 477. The van der Waals surface area contributed by atoms with Crippen LogP contribution < -0.4 is 4.90 Å². The second-order valence-electron chi connectivity index (χ2n) is 5.03. The summed E-state index contributed by atoms with van der Waals surface area (Å²) in [5, 5.41) is 0. The highest BCUT2D eigenvalue weighted by molar-refractivity contribution is 7.89. The highest BCUT2D eigenvalue weighted by Crippen LogP contribution is 2.14. The van der Waals surface area contributed by atoms with Gasteiger partial charge in [-0.05, 0) is 26.0 Å². The quantitative estimate of drug-likeness (QED) is 0.838.